The second-order valence-corrected chi connectivity index (χ2v) is 23.5. The van der Waals surface area contributed by atoms with E-state index < -0.39 is 68.5 Å². The molecule has 0 radical (unpaired) electrons. The van der Waals surface area contributed by atoms with Gasteiger partial charge in [-0.05, 0) is 65.3 Å². The van der Waals surface area contributed by atoms with Crippen molar-refractivity contribution in [1.29, 1.82) is 0 Å². The van der Waals surface area contributed by atoms with Crippen LogP contribution in [0, 0.1) is 22.9 Å². The lowest BCUT2D eigenvalue weighted by molar-refractivity contribution is -0.145. The van der Waals surface area contributed by atoms with Gasteiger partial charge in [-0.2, -0.15) is 5.48 Å². The molecule has 3 aromatic carbocycles. The van der Waals surface area contributed by atoms with E-state index in [2.05, 4.69) is 26.1 Å². The number of pyridine rings is 2. The van der Waals surface area contributed by atoms with Gasteiger partial charge in [0.2, 0.25) is 11.8 Å². The number of amides is 4. The Balaban J connectivity index is 0.794. The third kappa shape index (κ3) is 13.2. The molecule has 78 heavy (non-hydrogen) atoms. The number of hydrogen-bond acceptors (Lipinski definition) is 11. The number of nitrogens with zero attached hydrogens (tertiary/aromatic N) is 4. The average Bonchev–Trinajstić information content (AvgIpc) is 4.10. The third-order valence-corrected chi connectivity index (χ3v) is 15.0. The molecule has 8 rings (SSSR count). The van der Waals surface area contributed by atoms with Gasteiger partial charge in [0.1, 0.15) is 29.2 Å². The Hall–Kier alpha value is -7.52. The van der Waals surface area contributed by atoms with Gasteiger partial charge in [0, 0.05) is 85.3 Å². The van der Waals surface area contributed by atoms with Crippen LogP contribution in [0.15, 0.2) is 90.1 Å². The number of aliphatic hydroxyl groups excluding tert-OH is 1. The number of aromatic nitrogens is 3. The van der Waals surface area contributed by atoms with Crippen molar-refractivity contribution in [3.8, 4) is 28.0 Å². The first-order chi connectivity index (χ1) is 37.1. The number of sulfone groups is 1. The van der Waals surface area contributed by atoms with E-state index >= 15 is 4.39 Å². The number of halogens is 3. The second kappa shape index (κ2) is 24.0. The molecule has 0 saturated carbocycles. The molecule has 17 nitrogen and oxygen atoms in total. The fourth-order valence-corrected chi connectivity index (χ4v) is 11.0. The van der Waals surface area contributed by atoms with E-state index in [4.69, 9.17) is 4.84 Å². The number of nitrogens with one attached hydrogen (secondary N) is 4. The summed E-state index contributed by atoms with van der Waals surface area (Å²) in [4.78, 5) is 83.2. The number of unbranched alkanes of at least 4 members (excludes halogenated alkanes) is 7. The monoisotopic (exact) mass is 1090 g/mol. The van der Waals surface area contributed by atoms with Gasteiger partial charge in [-0.25, -0.2) is 26.6 Å². The summed E-state index contributed by atoms with van der Waals surface area (Å²) in [6.45, 7) is 5.62. The molecule has 21 heteroatoms. The predicted octanol–water partition coefficient (Wildman–Crippen LogP) is 8.05. The molecule has 4 amide bonds. The number of benzene rings is 3. The van der Waals surface area contributed by atoms with Crippen LogP contribution in [0.25, 0.3) is 33.2 Å². The minimum atomic E-state index is -3.68. The number of aryl methyl sites for hydroxylation is 1. The number of carbonyl (C=O) groups excluding carboxylic acids is 4. The normalized spacial score (nSPS) is 15.7. The van der Waals surface area contributed by atoms with E-state index in [0.717, 1.165) is 51.0 Å². The number of β-amino-alcohol motifs (C(OH)–C–C–N with tert-alkyl or cyclic N) is 1. The lowest BCUT2D eigenvalue weighted by atomic mass is 9.85. The molecule has 0 aliphatic carbocycles. The molecule has 5 heterocycles. The standard InChI is InChI=1S/C57H65F3N8O9S/c1-57(2,3)51(56(74)68-31-38(69)26-47(68)54(72)65-77-39-21-19-34(20-22-39)40-16-13-14-17-44(40)59)64-48(70)18-12-10-8-6-7-9-11-15-23-61-53(71)41-27-46-42(24-35(41)33-78(5,75)76)43-32-66(4)55(73)50-49(43)36(28-62-50)30-67(46)52-45(60)25-37(58)29-63-52/h13-14,16-17,19-22,24-25,27-29,32,38,47,51,62,69H,6-12,15,18,23,26,30-31,33H2,1-5H3,(H,61,71)(H,64,70)(H,65,72). The lowest BCUT2D eigenvalue weighted by Crippen LogP contribution is -2.58. The van der Waals surface area contributed by atoms with Gasteiger partial charge in [-0.15, -0.1) is 0 Å². The van der Waals surface area contributed by atoms with E-state index in [0.29, 0.717) is 64.3 Å². The van der Waals surface area contributed by atoms with Crippen LogP contribution >= 0.6 is 0 Å². The Morgan fingerprint density at radius 1 is 0.897 bits per heavy atom. The third-order valence-electron chi connectivity index (χ3n) is 14.1. The molecule has 2 aliphatic heterocycles. The molecule has 6 aromatic rings. The molecule has 3 aromatic heterocycles. The minimum Gasteiger partial charge on any atom is -0.391 e. The van der Waals surface area contributed by atoms with Crippen LogP contribution in [0.2, 0.25) is 0 Å². The number of aromatic amines is 1. The molecule has 5 N–H and O–H groups in total. The van der Waals surface area contributed by atoms with E-state index in [1.165, 1.54) is 26.5 Å². The second-order valence-electron chi connectivity index (χ2n) is 21.3. The largest absolute Gasteiger partial charge is 0.391 e. The molecule has 2 aliphatic rings. The topological polar surface area (TPSA) is 225 Å². The zero-order valence-corrected chi connectivity index (χ0v) is 45.1. The van der Waals surface area contributed by atoms with Gasteiger partial charge in [0.15, 0.2) is 27.2 Å². The molecular weight excluding hydrogens is 1030 g/mol. The van der Waals surface area contributed by atoms with Crippen molar-refractivity contribution in [3.63, 3.8) is 0 Å². The molecule has 414 valence electrons. The number of hydroxylamine groups is 1. The predicted molar refractivity (Wildman–Crippen MR) is 290 cm³/mol. The van der Waals surface area contributed by atoms with Crippen LogP contribution in [0.5, 0.6) is 5.75 Å². The molecule has 3 atom stereocenters. The summed E-state index contributed by atoms with van der Waals surface area (Å²) in [6.07, 6.45) is 10.8. The van der Waals surface area contributed by atoms with Crippen LogP contribution in [-0.2, 0) is 43.6 Å². The summed E-state index contributed by atoms with van der Waals surface area (Å²) in [5, 5.41) is 16.9. The van der Waals surface area contributed by atoms with Crippen LogP contribution in [0.3, 0.4) is 0 Å². The molecular formula is C57H65F3N8O9S. The zero-order valence-electron chi connectivity index (χ0n) is 44.3. The van der Waals surface area contributed by atoms with Gasteiger partial charge in [0.25, 0.3) is 17.4 Å². The van der Waals surface area contributed by atoms with Crippen molar-refractivity contribution in [2.45, 2.75) is 115 Å². The highest BCUT2D eigenvalue weighted by molar-refractivity contribution is 7.89. The number of likely N-dealkylation sites (tertiary alicyclic amines) is 1. The van der Waals surface area contributed by atoms with Gasteiger partial charge in [-0.3, -0.25) is 24.0 Å². The number of hydrogen-bond donors (Lipinski definition) is 5. The van der Waals surface area contributed by atoms with Crippen molar-refractivity contribution in [2.24, 2.45) is 12.5 Å². The molecule has 3 unspecified atom stereocenters. The summed E-state index contributed by atoms with van der Waals surface area (Å²) >= 11 is 0. The van der Waals surface area contributed by atoms with Crippen LogP contribution < -0.4 is 31.4 Å². The number of carbonyl (C=O) groups is 4. The Morgan fingerprint density at radius 3 is 2.27 bits per heavy atom. The Labute approximate surface area is 450 Å². The minimum absolute atomic E-state index is 0.0139. The first kappa shape index (κ1) is 56.7. The van der Waals surface area contributed by atoms with E-state index in [-0.39, 0.29) is 71.4 Å². The summed E-state index contributed by atoms with van der Waals surface area (Å²) in [7, 11) is -2.10. The van der Waals surface area contributed by atoms with E-state index in [9.17, 15) is 46.3 Å². The Kier molecular flexibility index (Phi) is 17.5. The number of aliphatic hydroxyl groups is 1. The SMILES string of the molecule is Cn1cc2c3c(c[nH]c3c1=O)CN(c1ncc(F)cc1F)c1cc(C(=O)NCCCCCCCCCCC(=O)NC(C(=O)N3CC(O)CC3C(=O)NOc3ccc(-c4ccccc4F)cc3)C(C)(C)C)c(CS(C)(=O)=O)cc1-2. The highest BCUT2D eigenvalue weighted by Crippen LogP contribution is 2.45. The van der Waals surface area contributed by atoms with Crippen molar-refractivity contribution < 1.29 is 50.7 Å². The number of H-pyrrole nitrogens is 1. The van der Waals surface area contributed by atoms with Gasteiger partial charge in [0.05, 0.1) is 30.3 Å². The fourth-order valence-electron chi connectivity index (χ4n) is 10.2. The van der Waals surface area contributed by atoms with Crippen LogP contribution in [0.1, 0.15) is 106 Å². The summed E-state index contributed by atoms with van der Waals surface area (Å²) < 4.78 is 70.9. The first-order valence-corrected chi connectivity index (χ1v) is 28.1. The van der Waals surface area contributed by atoms with E-state index in [1.807, 2.05) is 20.8 Å². The van der Waals surface area contributed by atoms with Gasteiger partial charge >= 0.3 is 0 Å². The zero-order chi connectivity index (χ0) is 56.1. The summed E-state index contributed by atoms with van der Waals surface area (Å²) in [5.74, 6) is -4.63. The maximum absolute atomic E-state index is 15.5. The maximum Gasteiger partial charge on any atom is 0.275 e. The maximum atomic E-state index is 15.5. The van der Waals surface area contributed by atoms with Crippen molar-refractivity contribution >= 4 is 55.9 Å². The van der Waals surface area contributed by atoms with Crippen LogP contribution in [0.4, 0.5) is 24.7 Å². The van der Waals surface area contributed by atoms with E-state index in [1.54, 1.807) is 68.0 Å². The van der Waals surface area contributed by atoms with Crippen molar-refractivity contribution in [1.82, 2.24) is 35.5 Å². The first-order valence-electron chi connectivity index (χ1n) is 26.1. The molecule has 1 saturated heterocycles. The Morgan fingerprint density at radius 2 is 1.59 bits per heavy atom. The smallest absolute Gasteiger partial charge is 0.275 e. The molecule has 0 bridgehead atoms. The van der Waals surface area contributed by atoms with Crippen molar-refractivity contribution in [3.05, 3.63) is 130 Å². The molecule has 1 fully saturated rings. The fraction of sp³-hybridized carbons (Fsp3) is 0.404. The lowest BCUT2D eigenvalue weighted by Gasteiger charge is -2.35. The quantitative estimate of drug-likeness (QED) is 0.0342. The summed E-state index contributed by atoms with van der Waals surface area (Å²) in [6, 6.07) is 14.5. The summed E-state index contributed by atoms with van der Waals surface area (Å²) in [5.41, 5.74) is 4.80. The van der Waals surface area contributed by atoms with Gasteiger partial charge in [-0.1, -0.05) is 89.6 Å². The highest BCUT2D eigenvalue weighted by atomic mass is 32.2. The number of fused-ring (bicyclic) bond motifs is 2. The van der Waals surface area contributed by atoms with Crippen molar-refractivity contribution in [2.75, 3.05) is 24.2 Å². The number of anilines is 2. The van der Waals surface area contributed by atoms with Crippen LogP contribution in [-0.4, -0.2) is 94.1 Å². The number of rotatable bonds is 21. The Bertz CT molecular complexity index is 3400. The van der Waals surface area contributed by atoms with Gasteiger partial charge < -0.3 is 39.9 Å². The molecule has 0 spiro atoms. The average molecular weight is 1100 g/mol. The highest BCUT2D eigenvalue weighted by Gasteiger charge is 2.45.